The van der Waals surface area contributed by atoms with E-state index in [-0.39, 0.29) is 18.3 Å². The normalized spacial score (nSPS) is 10.8. The SMILES string of the molecule is Cc1coc(NC(=O)Cc2c[nH]c3ccccc23)n1. The Balaban J connectivity index is 1.76. The number of hydrogen-bond acceptors (Lipinski definition) is 3. The molecule has 0 aliphatic heterocycles. The lowest BCUT2D eigenvalue weighted by atomic mass is 10.1. The molecule has 0 bridgehead atoms. The van der Waals surface area contributed by atoms with Crippen molar-refractivity contribution in [2.75, 3.05) is 5.32 Å². The Morgan fingerprint density at radius 1 is 1.42 bits per heavy atom. The highest BCUT2D eigenvalue weighted by molar-refractivity contribution is 5.94. The molecule has 0 atom stereocenters. The number of carbonyl (C=O) groups is 1. The molecule has 0 spiro atoms. The fraction of sp³-hybridized carbons (Fsp3) is 0.143. The topological polar surface area (TPSA) is 70.9 Å². The first-order valence-electron chi connectivity index (χ1n) is 5.99. The van der Waals surface area contributed by atoms with Crippen LogP contribution in [0.5, 0.6) is 0 Å². The van der Waals surface area contributed by atoms with Crippen LogP contribution in [0, 0.1) is 6.92 Å². The molecule has 1 amide bonds. The lowest BCUT2D eigenvalue weighted by Gasteiger charge is -2.00. The quantitative estimate of drug-likeness (QED) is 0.755. The van der Waals surface area contributed by atoms with E-state index in [1.807, 2.05) is 30.5 Å². The number of aromatic nitrogens is 2. The molecule has 0 aliphatic rings. The molecule has 5 nitrogen and oxygen atoms in total. The van der Waals surface area contributed by atoms with Gasteiger partial charge in [0.15, 0.2) is 0 Å². The van der Waals surface area contributed by atoms with Gasteiger partial charge < -0.3 is 9.40 Å². The number of nitrogens with zero attached hydrogens (tertiary/aromatic N) is 1. The average Bonchev–Trinajstić information content (AvgIpc) is 2.97. The maximum atomic E-state index is 11.9. The first-order valence-corrected chi connectivity index (χ1v) is 5.99. The Labute approximate surface area is 109 Å². The highest BCUT2D eigenvalue weighted by Gasteiger charge is 2.10. The smallest absolute Gasteiger partial charge is 0.301 e. The molecule has 0 unspecified atom stereocenters. The van der Waals surface area contributed by atoms with Crippen molar-refractivity contribution in [3.8, 4) is 0 Å². The number of H-pyrrole nitrogens is 1. The van der Waals surface area contributed by atoms with Gasteiger partial charge in [0, 0.05) is 17.1 Å². The minimum atomic E-state index is -0.147. The molecule has 19 heavy (non-hydrogen) atoms. The molecule has 1 aromatic carbocycles. The van der Waals surface area contributed by atoms with Gasteiger partial charge in [-0.25, -0.2) is 0 Å². The second-order valence-corrected chi connectivity index (χ2v) is 4.38. The molecule has 2 N–H and O–H groups in total. The van der Waals surface area contributed by atoms with E-state index >= 15 is 0 Å². The molecule has 3 rings (SSSR count). The van der Waals surface area contributed by atoms with E-state index in [1.54, 1.807) is 6.92 Å². The van der Waals surface area contributed by atoms with Crippen molar-refractivity contribution in [2.24, 2.45) is 0 Å². The summed E-state index contributed by atoms with van der Waals surface area (Å²) in [7, 11) is 0. The Bertz CT molecular complexity index is 727. The molecule has 3 aromatic rings. The van der Waals surface area contributed by atoms with Crippen LogP contribution >= 0.6 is 0 Å². The Hall–Kier alpha value is -2.56. The number of carbonyl (C=O) groups excluding carboxylic acids is 1. The van der Waals surface area contributed by atoms with E-state index in [0.717, 1.165) is 22.2 Å². The summed E-state index contributed by atoms with van der Waals surface area (Å²) in [5.41, 5.74) is 2.72. The van der Waals surface area contributed by atoms with Crippen molar-refractivity contribution in [3.05, 3.63) is 48.0 Å². The van der Waals surface area contributed by atoms with Gasteiger partial charge in [0.05, 0.1) is 12.1 Å². The lowest BCUT2D eigenvalue weighted by molar-refractivity contribution is -0.115. The second-order valence-electron chi connectivity index (χ2n) is 4.38. The highest BCUT2D eigenvalue weighted by atomic mass is 16.4. The van der Waals surface area contributed by atoms with E-state index in [9.17, 15) is 4.79 Å². The fourth-order valence-electron chi connectivity index (χ4n) is 2.03. The molecule has 5 heteroatoms. The first kappa shape index (κ1) is 11.5. The number of nitrogens with one attached hydrogen (secondary N) is 2. The van der Waals surface area contributed by atoms with Crippen LogP contribution in [0.15, 0.2) is 41.1 Å². The number of aromatic amines is 1. The average molecular weight is 255 g/mol. The van der Waals surface area contributed by atoms with Gasteiger partial charge in [-0.05, 0) is 18.6 Å². The minimum Gasteiger partial charge on any atom is -0.432 e. The number of aryl methyl sites for hydroxylation is 1. The number of para-hydroxylation sites is 1. The summed E-state index contributed by atoms with van der Waals surface area (Å²) in [6, 6.07) is 8.12. The number of rotatable bonds is 3. The monoisotopic (exact) mass is 255 g/mol. The van der Waals surface area contributed by atoms with Crippen molar-refractivity contribution < 1.29 is 9.21 Å². The zero-order valence-corrected chi connectivity index (χ0v) is 10.4. The second kappa shape index (κ2) is 4.61. The molecular weight excluding hydrogens is 242 g/mol. The summed E-state index contributed by atoms with van der Waals surface area (Å²) in [6.07, 6.45) is 3.64. The van der Waals surface area contributed by atoms with Crippen molar-refractivity contribution >= 4 is 22.8 Å². The van der Waals surface area contributed by atoms with Crippen LogP contribution in [0.4, 0.5) is 6.01 Å². The Morgan fingerprint density at radius 2 is 2.26 bits per heavy atom. The van der Waals surface area contributed by atoms with Crippen molar-refractivity contribution in [1.82, 2.24) is 9.97 Å². The van der Waals surface area contributed by atoms with E-state index in [4.69, 9.17) is 4.42 Å². The molecule has 2 heterocycles. The number of hydrogen-bond donors (Lipinski definition) is 2. The number of fused-ring (bicyclic) bond motifs is 1. The zero-order valence-electron chi connectivity index (χ0n) is 10.4. The van der Waals surface area contributed by atoms with Crippen molar-refractivity contribution in [2.45, 2.75) is 13.3 Å². The summed E-state index contributed by atoms with van der Waals surface area (Å²) in [4.78, 5) is 19.1. The third-order valence-electron chi connectivity index (χ3n) is 2.89. The molecular formula is C14H13N3O2. The predicted octanol–water partition coefficient (Wildman–Crippen LogP) is 2.65. The summed E-state index contributed by atoms with van der Waals surface area (Å²) in [5.74, 6) is -0.147. The van der Waals surface area contributed by atoms with Gasteiger partial charge in [-0.1, -0.05) is 18.2 Å². The van der Waals surface area contributed by atoms with Crippen LogP contribution in [0.3, 0.4) is 0 Å². The first-order chi connectivity index (χ1) is 9.22. The number of oxazole rings is 1. The van der Waals surface area contributed by atoms with Crippen LogP contribution in [0.25, 0.3) is 10.9 Å². The standard InChI is InChI=1S/C14H13N3O2/c1-9-8-19-14(16-9)17-13(18)6-10-7-15-12-5-3-2-4-11(10)12/h2-5,7-8,15H,6H2,1H3,(H,16,17,18). The van der Waals surface area contributed by atoms with E-state index in [1.165, 1.54) is 6.26 Å². The predicted molar refractivity (Wildman–Crippen MR) is 71.9 cm³/mol. The highest BCUT2D eigenvalue weighted by Crippen LogP contribution is 2.18. The molecule has 0 aliphatic carbocycles. The zero-order chi connectivity index (χ0) is 13.2. The van der Waals surface area contributed by atoms with Gasteiger partial charge in [-0.2, -0.15) is 4.98 Å². The Morgan fingerprint density at radius 3 is 3.05 bits per heavy atom. The van der Waals surface area contributed by atoms with E-state index in [2.05, 4.69) is 15.3 Å². The Kier molecular flexibility index (Phi) is 2.79. The maximum absolute atomic E-state index is 11.9. The lowest BCUT2D eigenvalue weighted by Crippen LogP contribution is -2.14. The number of amides is 1. The van der Waals surface area contributed by atoms with Crippen LogP contribution in [0.2, 0.25) is 0 Å². The van der Waals surface area contributed by atoms with Gasteiger partial charge in [-0.15, -0.1) is 0 Å². The van der Waals surface area contributed by atoms with Gasteiger partial charge >= 0.3 is 6.01 Å². The van der Waals surface area contributed by atoms with Crippen LogP contribution in [0.1, 0.15) is 11.3 Å². The summed E-state index contributed by atoms with van der Waals surface area (Å²) in [6.45, 7) is 1.80. The largest absolute Gasteiger partial charge is 0.432 e. The molecule has 96 valence electrons. The van der Waals surface area contributed by atoms with Gasteiger partial charge in [0.2, 0.25) is 5.91 Å². The van der Waals surface area contributed by atoms with Crippen LogP contribution < -0.4 is 5.32 Å². The fourth-order valence-corrected chi connectivity index (χ4v) is 2.03. The summed E-state index contributed by atoms with van der Waals surface area (Å²) in [5, 5.41) is 3.69. The summed E-state index contributed by atoms with van der Waals surface area (Å²) >= 11 is 0. The summed E-state index contributed by atoms with van der Waals surface area (Å²) < 4.78 is 5.09. The molecule has 0 radical (unpaired) electrons. The maximum Gasteiger partial charge on any atom is 0.301 e. The van der Waals surface area contributed by atoms with Gasteiger partial charge in [0.25, 0.3) is 0 Å². The van der Waals surface area contributed by atoms with E-state index < -0.39 is 0 Å². The molecule has 0 saturated carbocycles. The molecule has 2 aromatic heterocycles. The van der Waals surface area contributed by atoms with E-state index in [0.29, 0.717) is 0 Å². The van der Waals surface area contributed by atoms with Gasteiger partial charge in [-0.3, -0.25) is 10.1 Å². The minimum absolute atomic E-state index is 0.147. The van der Waals surface area contributed by atoms with Crippen LogP contribution in [-0.2, 0) is 11.2 Å². The van der Waals surface area contributed by atoms with Gasteiger partial charge in [0.1, 0.15) is 6.26 Å². The number of anilines is 1. The van der Waals surface area contributed by atoms with Crippen molar-refractivity contribution in [3.63, 3.8) is 0 Å². The molecule has 0 saturated heterocycles. The van der Waals surface area contributed by atoms with Crippen LogP contribution in [-0.4, -0.2) is 15.9 Å². The molecule has 0 fully saturated rings. The third-order valence-corrected chi connectivity index (χ3v) is 2.89. The third kappa shape index (κ3) is 2.35. The number of benzene rings is 1. The van der Waals surface area contributed by atoms with Crippen molar-refractivity contribution in [1.29, 1.82) is 0 Å².